The van der Waals surface area contributed by atoms with Crippen molar-refractivity contribution in [3.05, 3.63) is 34.6 Å². The Hall–Kier alpha value is -1.93. The Morgan fingerprint density at radius 2 is 2.33 bits per heavy atom. The summed E-state index contributed by atoms with van der Waals surface area (Å²) in [6.07, 6.45) is 3.28. The topological polar surface area (TPSA) is 97.9 Å². The Morgan fingerprint density at radius 3 is 2.94 bits per heavy atom. The fourth-order valence-electron chi connectivity index (χ4n) is 1.39. The second-order valence-corrected chi connectivity index (χ2v) is 4.44. The highest BCUT2D eigenvalue weighted by atomic mass is 79.9. The van der Waals surface area contributed by atoms with Crippen molar-refractivity contribution in [1.29, 1.82) is 0 Å². The Balaban J connectivity index is 2.25. The summed E-state index contributed by atoms with van der Waals surface area (Å²) in [5, 5.41) is 6.71. The van der Waals surface area contributed by atoms with Gasteiger partial charge in [0.2, 0.25) is 0 Å². The van der Waals surface area contributed by atoms with Crippen LogP contribution in [0.2, 0.25) is 0 Å². The summed E-state index contributed by atoms with van der Waals surface area (Å²) in [5.74, 6) is 5.73. The van der Waals surface area contributed by atoms with Gasteiger partial charge in [-0.2, -0.15) is 5.10 Å². The quantitative estimate of drug-likeness (QED) is 0.583. The van der Waals surface area contributed by atoms with Crippen LogP contribution in [0.4, 0.5) is 11.6 Å². The highest BCUT2D eigenvalue weighted by molar-refractivity contribution is 9.10. The van der Waals surface area contributed by atoms with E-state index in [1.165, 1.54) is 0 Å². The summed E-state index contributed by atoms with van der Waals surface area (Å²) in [6, 6.07) is 3.32. The molecule has 0 spiro atoms. The van der Waals surface area contributed by atoms with Crippen LogP contribution in [0.5, 0.6) is 0 Å². The van der Waals surface area contributed by atoms with Gasteiger partial charge in [-0.1, -0.05) is 0 Å². The van der Waals surface area contributed by atoms with Crippen LogP contribution in [0.15, 0.2) is 29.0 Å². The number of pyridine rings is 1. The molecule has 18 heavy (non-hydrogen) atoms. The predicted molar refractivity (Wildman–Crippen MR) is 70.9 cm³/mol. The molecule has 2 aromatic rings. The normalized spacial score (nSPS) is 10.2. The number of hydrazine groups is 1. The molecule has 2 aromatic heterocycles. The van der Waals surface area contributed by atoms with E-state index >= 15 is 0 Å². The fraction of sp³-hybridized carbons (Fsp3) is 0.100. The number of halogens is 1. The lowest BCUT2D eigenvalue weighted by atomic mass is 10.2. The van der Waals surface area contributed by atoms with Gasteiger partial charge in [0.05, 0.1) is 5.56 Å². The Bertz CT molecular complexity index is 581. The zero-order valence-electron chi connectivity index (χ0n) is 9.51. The molecule has 0 aromatic carbocycles. The summed E-state index contributed by atoms with van der Waals surface area (Å²) in [4.78, 5) is 16.0. The van der Waals surface area contributed by atoms with Crippen molar-refractivity contribution in [2.45, 2.75) is 0 Å². The molecule has 0 fully saturated rings. The highest BCUT2D eigenvalue weighted by Gasteiger charge is 2.14. The molecule has 0 unspecified atom stereocenters. The van der Waals surface area contributed by atoms with Crippen LogP contribution in [-0.2, 0) is 7.05 Å². The third-order valence-corrected chi connectivity index (χ3v) is 2.62. The first-order chi connectivity index (χ1) is 8.60. The molecule has 0 atom stereocenters. The molecule has 0 saturated carbocycles. The maximum absolute atomic E-state index is 12.0. The Morgan fingerprint density at radius 1 is 1.56 bits per heavy atom. The van der Waals surface area contributed by atoms with Gasteiger partial charge in [-0.25, -0.2) is 10.8 Å². The number of carbonyl (C=O) groups excluding carboxylic acids is 1. The van der Waals surface area contributed by atoms with Crippen LogP contribution in [0.1, 0.15) is 10.4 Å². The van der Waals surface area contributed by atoms with Crippen LogP contribution in [0.25, 0.3) is 0 Å². The number of aromatic nitrogens is 3. The number of aryl methyl sites for hydroxylation is 1. The van der Waals surface area contributed by atoms with Gasteiger partial charge in [0.25, 0.3) is 5.91 Å². The number of nitrogens with one attached hydrogen (secondary N) is 2. The molecule has 2 heterocycles. The molecule has 0 radical (unpaired) electrons. The van der Waals surface area contributed by atoms with Gasteiger partial charge in [0.1, 0.15) is 0 Å². The third-order valence-electron chi connectivity index (χ3n) is 2.19. The second-order valence-electron chi connectivity index (χ2n) is 3.52. The number of amides is 1. The van der Waals surface area contributed by atoms with Crippen molar-refractivity contribution < 1.29 is 4.79 Å². The van der Waals surface area contributed by atoms with Gasteiger partial charge >= 0.3 is 0 Å². The van der Waals surface area contributed by atoms with Gasteiger partial charge in [-0.3, -0.25) is 9.48 Å². The minimum absolute atomic E-state index is 0.298. The van der Waals surface area contributed by atoms with E-state index < -0.39 is 0 Å². The van der Waals surface area contributed by atoms with E-state index in [2.05, 4.69) is 36.8 Å². The first kappa shape index (κ1) is 12.5. The number of nitrogens with zero attached hydrogens (tertiary/aromatic N) is 3. The summed E-state index contributed by atoms with van der Waals surface area (Å²) in [7, 11) is 1.77. The van der Waals surface area contributed by atoms with E-state index in [4.69, 9.17) is 5.84 Å². The first-order valence-electron chi connectivity index (χ1n) is 5.03. The van der Waals surface area contributed by atoms with E-state index in [-0.39, 0.29) is 5.91 Å². The predicted octanol–water partition coefficient (Wildman–Crippen LogP) is 1.12. The van der Waals surface area contributed by atoms with E-state index in [1.54, 1.807) is 36.3 Å². The maximum atomic E-state index is 12.0. The lowest BCUT2D eigenvalue weighted by Gasteiger charge is -2.07. The Kier molecular flexibility index (Phi) is 3.58. The van der Waals surface area contributed by atoms with E-state index in [0.29, 0.717) is 21.7 Å². The largest absolute Gasteiger partial charge is 0.308 e. The monoisotopic (exact) mass is 310 g/mol. The van der Waals surface area contributed by atoms with Crippen molar-refractivity contribution in [3.8, 4) is 0 Å². The lowest BCUT2D eigenvalue weighted by Crippen LogP contribution is -2.18. The van der Waals surface area contributed by atoms with E-state index in [1.807, 2.05) is 0 Å². The van der Waals surface area contributed by atoms with Crippen LogP contribution in [-0.4, -0.2) is 20.7 Å². The third kappa shape index (κ3) is 2.66. The lowest BCUT2D eigenvalue weighted by molar-refractivity contribution is 0.102. The van der Waals surface area contributed by atoms with Crippen LogP contribution in [0, 0.1) is 0 Å². The van der Waals surface area contributed by atoms with Crippen molar-refractivity contribution in [2.24, 2.45) is 12.9 Å². The number of rotatable bonds is 3. The molecule has 0 aliphatic heterocycles. The zero-order chi connectivity index (χ0) is 13.1. The van der Waals surface area contributed by atoms with Crippen molar-refractivity contribution in [3.63, 3.8) is 0 Å². The number of anilines is 2. The number of hydrogen-bond donors (Lipinski definition) is 3. The summed E-state index contributed by atoms with van der Waals surface area (Å²) < 4.78 is 2.28. The number of nitrogens with two attached hydrogens (primary N) is 1. The van der Waals surface area contributed by atoms with Crippen LogP contribution in [0.3, 0.4) is 0 Å². The molecule has 2 rings (SSSR count). The summed E-state index contributed by atoms with van der Waals surface area (Å²) >= 11 is 3.25. The van der Waals surface area contributed by atoms with Gasteiger partial charge in [0.15, 0.2) is 11.6 Å². The minimum atomic E-state index is -0.338. The number of hydrogen-bond acceptors (Lipinski definition) is 5. The average molecular weight is 311 g/mol. The molecule has 0 aliphatic rings. The summed E-state index contributed by atoms with van der Waals surface area (Å²) in [5.41, 5.74) is 2.71. The van der Waals surface area contributed by atoms with Crippen molar-refractivity contribution >= 4 is 33.5 Å². The van der Waals surface area contributed by atoms with Crippen molar-refractivity contribution in [2.75, 3.05) is 10.7 Å². The van der Waals surface area contributed by atoms with Crippen LogP contribution >= 0.6 is 15.9 Å². The molecule has 1 amide bonds. The molecule has 7 nitrogen and oxygen atoms in total. The SMILES string of the molecule is Cn1ccc(NC(=O)c2cc(Br)cnc2NN)n1. The zero-order valence-corrected chi connectivity index (χ0v) is 11.1. The minimum Gasteiger partial charge on any atom is -0.308 e. The molecular weight excluding hydrogens is 300 g/mol. The first-order valence-corrected chi connectivity index (χ1v) is 5.82. The maximum Gasteiger partial charge on any atom is 0.260 e. The molecule has 0 saturated heterocycles. The fourth-order valence-corrected chi connectivity index (χ4v) is 1.72. The van der Waals surface area contributed by atoms with Crippen LogP contribution < -0.4 is 16.6 Å². The molecule has 94 valence electrons. The molecular formula is C10H11BrN6O. The van der Waals surface area contributed by atoms with Crippen molar-refractivity contribution in [1.82, 2.24) is 14.8 Å². The van der Waals surface area contributed by atoms with Gasteiger partial charge < -0.3 is 10.7 Å². The highest BCUT2D eigenvalue weighted by Crippen LogP contribution is 2.18. The standard InChI is InChI=1S/C10H11BrN6O/c1-17-3-2-8(16-17)14-10(18)7-4-6(11)5-13-9(7)15-12/h2-5H,12H2,1H3,(H,13,15)(H,14,16,18). The second kappa shape index (κ2) is 5.15. The average Bonchev–Trinajstić information content (AvgIpc) is 2.74. The smallest absolute Gasteiger partial charge is 0.260 e. The molecule has 4 N–H and O–H groups in total. The van der Waals surface area contributed by atoms with Gasteiger partial charge in [-0.05, 0) is 22.0 Å². The van der Waals surface area contributed by atoms with E-state index in [0.717, 1.165) is 0 Å². The number of carbonyl (C=O) groups is 1. The van der Waals surface area contributed by atoms with Gasteiger partial charge in [0, 0.05) is 30.0 Å². The summed E-state index contributed by atoms with van der Waals surface area (Å²) in [6.45, 7) is 0. The van der Waals surface area contributed by atoms with E-state index in [9.17, 15) is 4.79 Å². The Labute approximate surface area is 111 Å². The molecule has 0 aliphatic carbocycles. The molecule has 8 heteroatoms. The van der Waals surface area contributed by atoms with Gasteiger partial charge in [-0.15, -0.1) is 0 Å². The molecule has 0 bridgehead atoms. The number of nitrogen functional groups attached to an aromatic ring is 1.